The van der Waals surface area contributed by atoms with Gasteiger partial charge in [-0.2, -0.15) is 13.2 Å². The molecule has 0 aliphatic carbocycles. The first kappa shape index (κ1) is 26.1. The third-order valence-electron chi connectivity index (χ3n) is 5.56. The minimum atomic E-state index is -4.71. The molecule has 12 heteroatoms. The summed E-state index contributed by atoms with van der Waals surface area (Å²) in [7, 11) is -3.25. The van der Waals surface area contributed by atoms with Crippen molar-refractivity contribution in [3.63, 3.8) is 0 Å². The van der Waals surface area contributed by atoms with Crippen molar-refractivity contribution in [2.45, 2.75) is 24.5 Å². The maximum atomic E-state index is 13.7. The lowest BCUT2D eigenvalue weighted by molar-refractivity contribution is -0.137. The van der Waals surface area contributed by atoms with Crippen molar-refractivity contribution in [2.24, 2.45) is 0 Å². The van der Waals surface area contributed by atoms with Crippen molar-refractivity contribution in [2.75, 3.05) is 24.8 Å². The first-order chi connectivity index (χ1) is 17.5. The van der Waals surface area contributed by atoms with E-state index >= 15 is 0 Å². The van der Waals surface area contributed by atoms with Crippen molar-refractivity contribution in [3.8, 4) is 17.2 Å². The van der Waals surface area contributed by atoms with Gasteiger partial charge >= 0.3 is 6.18 Å². The Morgan fingerprint density at radius 2 is 1.81 bits per heavy atom. The fraction of sp³-hybridized carbons (Fsp3) is 0.240. The predicted molar refractivity (Wildman–Crippen MR) is 128 cm³/mol. The fourth-order valence-electron chi connectivity index (χ4n) is 3.69. The largest absolute Gasteiger partial charge is 0.495 e. The Labute approximate surface area is 211 Å². The zero-order valence-corrected chi connectivity index (χ0v) is 20.7. The molecule has 0 fully saturated rings. The summed E-state index contributed by atoms with van der Waals surface area (Å²) in [5, 5.41) is 2.60. The third kappa shape index (κ3) is 5.74. The number of nitrogens with zero attached hydrogens (tertiary/aromatic N) is 1. The van der Waals surface area contributed by atoms with Gasteiger partial charge in [-0.25, -0.2) is 8.42 Å². The Morgan fingerprint density at radius 3 is 2.54 bits per heavy atom. The van der Waals surface area contributed by atoms with E-state index < -0.39 is 34.2 Å². The van der Waals surface area contributed by atoms with Gasteiger partial charge in [-0.15, -0.1) is 0 Å². The SMILES string of the molecule is COc1ccc(C)cc1S(=O)(=O)N(CC(=O)NCc1ccc2c(c1)OCO2)c1cccc(C(F)(F)F)c1. The monoisotopic (exact) mass is 536 g/mol. The summed E-state index contributed by atoms with van der Waals surface area (Å²) in [4.78, 5) is 12.6. The summed E-state index contributed by atoms with van der Waals surface area (Å²) in [6.45, 7) is 0.994. The molecule has 196 valence electrons. The van der Waals surface area contributed by atoms with E-state index in [0.29, 0.717) is 33.0 Å². The molecule has 1 aliphatic heterocycles. The lowest BCUT2D eigenvalue weighted by Gasteiger charge is -2.26. The van der Waals surface area contributed by atoms with Crippen LogP contribution < -0.4 is 23.8 Å². The average Bonchev–Trinajstić information content (AvgIpc) is 3.33. The van der Waals surface area contributed by atoms with Crippen molar-refractivity contribution in [1.82, 2.24) is 5.32 Å². The molecule has 0 bridgehead atoms. The second kappa shape index (κ2) is 10.2. The highest BCUT2D eigenvalue weighted by molar-refractivity contribution is 7.93. The number of ether oxygens (including phenoxy) is 3. The Kier molecular flexibility index (Phi) is 7.21. The van der Waals surface area contributed by atoms with E-state index in [1.807, 2.05) is 0 Å². The van der Waals surface area contributed by atoms with E-state index in [2.05, 4.69) is 5.32 Å². The standard InChI is InChI=1S/C25H23F3N2O6S/c1-16-6-8-21(34-2)23(10-16)37(32,33)30(19-5-3-4-18(12-19)25(26,27)28)14-24(31)29-13-17-7-9-20-22(11-17)36-15-35-20/h3-12H,13-15H2,1-2H3,(H,29,31). The highest BCUT2D eigenvalue weighted by Gasteiger charge is 2.34. The third-order valence-corrected chi connectivity index (χ3v) is 7.36. The van der Waals surface area contributed by atoms with E-state index in [-0.39, 0.29) is 29.7 Å². The summed E-state index contributed by atoms with van der Waals surface area (Å²) < 4.78 is 84.0. The number of benzene rings is 3. The van der Waals surface area contributed by atoms with Crippen LogP contribution in [0.5, 0.6) is 17.2 Å². The van der Waals surface area contributed by atoms with Crippen LogP contribution in [0.4, 0.5) is 18.9 Å². The van der Waals surface area contributed by atoms with Gasteiger partial charge in [0.05, 0.1) is 18.4 Å². The number of fused-ring (bicyclic) bond motifs is 1. The first-order valence-corrected chi connectivity index (χ1v) is 12.4. The lowest BCUT2D eigenvalue weighted by Crippen LogP contribution is -2.41. The number of amides is 1. The van der Waals surface area contributed by atoms with Crippen molar-refractivity contribution in [3.05, 3.63) is 77.4 Å². The lowest BCUT2D eigenvalue weighted by atomic mass is 10.2. The Morgan fingerprint density at radius 1 is 1.05 bits per heavy atom. The molecule has 1 N–H and O–H groups in total. The van der Waals surface area contributed by atoms with Crippen LogP contribution in [0.3, 0.4) is 0 Å². The number of methoxy groups -OCH3 is 1. The molecule has 1 amide bonds. The van der Waals surface area contributed by atoms with Gasteiger partial charge in [-0.1, -0.05) is 18.2 Å². The molecule has 0 spiro atoms. The van der Waals surface area contributed by atoms with Crippen LogP contribution >= 0.6 is 0 Å². The highest BCUT2D eigenvalue weighted by Crippen LogP contribution is 2.35. The number of rotatable bonds is 8. The Balaban J connectivity index is 1.66. The first-order valence-electron chi connectivity index (χ1n) is 11.0. The van der Waals surface area contributed by atoms with Gasteiger partial charge in [0.2, 0.25) is 12.7 Å². The topological polar surface area (TPSA) is 94.2 Å². The molecular weight excluding hydrogens is 513 g/mol. The highest BCUT2D eigenvalue weighted by atomic mass is 32.2. The number of hydrogen-bond donors (Lipinski definition) is 1. The molecule has 0 radical (unpaired) electrons. The van der Waals surface area contributed by atoms with Gasteiger partial charge < -0.3 is 19.5 Å². The van der Waals surface area contributed by atoms with Crippen molar-refractivity contribution in [1.29, 1.82) is 0 Å². The zero-order chi connectivity index (χ0) is 26.8. The normalized spacial score (nSPS) is 12.8. The minimum absolute atomic E-state index is 0.0108. The van der Waals surface area contributed by atoms with Crippen LogP contribution in [-0.4, -0.2) is 34.8 Å². The minimum Gasteiger partial charge on any atom is -0.495 e. The molecular formula is C25H23F3N2O6S. The molecule has 0 atom stereocenters. The van der Waals surface area contributed by atoms with E-state index in [1.165, 1.54) is 25.3 Å². The summed E-state index contributed by atoms with van der Waals surface area (Å²) in [5.74, 6) is 0.323. The molecule has 0 aromatic heterocycles. The molecule has 0 unspecified atom stereocenters. The second-order valence-corrected chi connectivity index (χ2v) is 10.0. The van der Waals surface area contributed by atoms with Crippen molar-refractivity contribution >= 4 is 21.6 Å². The quantitative estimate of drug-likeness (QED) is 0.463. The Bertz CT molecular complexity index is 1430. The number of nitrogens with one attached hydrogen (secondary N) is 1. The molecule has 1 heterocycles. The van der Waals surface area contributed by atoms with E-state index in [4.69, 9.17) is 14.2 Å². The maximum Gasteiger partial charge on any atom is 0.416 e. The van der Waals surface area contributed by atoms with Gasteiger partial charge in [0.1, 0.15) is 17.2 Å². The zero-order valence-electron chi connectivity index (χ0n) is 19.8. The fourth-order valence-corrected chi connectivity index (χ4v) is 5.35. The van der Waals surface area contributed by atoms with Crippen LogP contribution in [0.1, 0.15) is 16.7 Å². The number of alkyl halides is 3. The molecule has 1 aliphatic rings. The number of anilines is 1. The molecule has 37 heavy (non-hydrogen) atoms. The van der Waals surface area contributed by atoms with Gasteiger partial charge in [-0.3, -0.25) is 9.10 Å². The predicted octanol–water partition coefficient (Wildman–Crippen LogP) is 4.26. The van der Waals surface area contributed by atoms with E-state index in [1.54, 1.807) is 31.2 Å². The summed E-state index contributed by atoms with van der Waals surface area (Å²) in [6, 6.07) is 13.2. The number of hydrogen-bond acceptors (Lipinski definition) is 6. The summed E-state index contributed by atoms with van der Waals surface area (Å²) in [5.41, 5.74) is -0.138. The number of sulfonamides is 1. The molecule has 3 aromatic rings. The number of halogens is 3. The molecule has 0 saturated heterocycles. The van der Waals surface area contributed by atoms with Crippen LogP contribution in [0.25, 0.3) is 0 Å². The Hall–Kier alpha value is -3.93. The summed E-state index contributed by atoms with van der Waals surface area (Å²) >= 11 is 0. The smallest absolute Gasteiger partial charge is 0.416 e. The number of carbonyl (C=O) groups excluding carboxylic acids is 1. The van der Waals surface area contributed by atoms with Crippen LogP contribution in [0, 0.1) is 6.92 Å². The second-order valence-electron chi connectivity index (χ2n) is 8.18. The molecule has 4 rings (SSSR count). The number of carbonyl (C=O) groups is 1. The molecule has 8 nitrogen and oxygen atoms in total. The van der Waals surface area contributed by atoms with Crippen LogP contribution in [0.15, 0.2) is 65.6 Å². The maximum absolute atomic E-state index is 13.7. The molecule has 0 saturated carbocycles. The van der Waals surface area contributed by atoms with Crippen molar-refractivity contribution < 1.29 is 40.6 Å². The van der Waals surface area contributed by atoms with E-state index in [0.717, 1.165) is 12.1 Å². The van der Waals surface area contributed by atoms with Crippen LogP contribution in [0.2, 0.25) is 0 Å². The molecule has 3 aromatic carbocycles. The van der Waals surface area contributed by atoms with Gasteiger partial charge in [-0.05, 0) is 60.5 Å². The number of aryl methyl sites for hydroxylation is 1. The average molecular weight is 537 g/mol. The van der Waals surface area contributed by atoms with E-state index in [9.17, 15) is 26.4 Å². The van der Waals surface area contributed by atoms with Crippen LogP contribution in [-0.2, 0) is 27.5 Å². The van der Waals surface area contributed by atoms with Gasteiger partial charge in [0, 0.05) is 6.54 Å². The van der Waals surface area contributed by atoms with Gasteiger partial charge in [0.25, 0.3) is 10.0 Å². The van der Waals surface area contributed by atoms with Gasteiger partial charge in [0.15, 0.2) is 11.5 Å². The summed E-state index contributed by atoms with van der Waals surface area (Å²) in [6.07, 6.45) is -4.71.